The largest absolute Gasteiger partial charge is 0.299 e. The molecule has 0 aliphatic rings. The minimum absolute atomic E-state index is 0.473. The molecule has 0 atom stereocenters. The zero-order valence-electron chi connectivity index (χ0n) is 7.50. The Labute approximate surface area is 91.4 Å². The Kier molecular flexibility index (Phi) is 2.85. The highest BCUT2D eigenvalue weighted by Crippen LogP contribution is 2.29. The predicted molar refractivity (Wildman–Crippen MR) is 51.6 cm³/mol. The quantitative estimate of drug-likeness (QED) is 0.717. The Morgan fingerprint density at radius 2 is 1.06 bits per heavy atom. The van der Waals surface area contributed by atoms with Gasteiger partial charge in [0.25, 0.3) is 20.2 Å². The Bertz CT molecular complexity index is 575. The molecule has 0 spiro atoms. The van der Waals surface area contributed by atoms with Gasteiger partial charge in [0.2, 0.25) is 0 Å². The first-order chi connectivity index (χ1) is 7.03. The van der Waals surface area contributed by atoms with Gasteiger partial charge in [-0.2, -0.15) is 16.8 Å². The molecule has 0 heterocycles. The van der Waals surface area contributed by atoms with Crippen LogP contribution in [0.5, 0.6) is 0 Å². The first-order valence-corrected chi connectivity index (χ1v) is 6.47. The van der Waals surface area contributed by atoms with Crippen molar-refractivity contribution in [1.82, 2.24) is 11.5 Å². The van der Waals surface area contributed by atoms with Crippen LogP contribution in [0.15, 0.2) is 21.9 Å². The van der Waals surface area contributed by atoms with E-state index in [0.717, 1.165) is 0 Å². The minimum Gasteiger partial charge on any atom is -0.299 e. The smallest absolute Gasteiger partial charge is 0.296 e. The lowest BCUT2D eigenvalue weighted by molar-refractivity contribution is 0.479. The Balaban J connectivity index is 3.65. The number of benzene rings is 1. The molecule has 1 aromatic rings. The van der Waals surface area contributed by atoms with E-state index >= 15 is 0 Å². The topological polar surface area (TPSA) is 156 Å². The van der Waals surface area contributed by atoms with Crippen LogP contribution in [0, 0.1) is 0 Å². The average Bonchev–Trinajstić information content (AvgIpc) is 2.04. The van der Waals surface area contributed by atoms with Gasteiger partial charge in [0.15, 0.2) is 0 Å². The lowest BCUT2D eigenvalue weighted by atomic mass is 10.3. The van der Waals surface area contributed by atoms with Crippen molar-refractivity contribution in [1.29, 1.82) is 0 Å². The van der Waals surface area contributed by atoms with E-state index in [4.69, 9.17) is 20.6 Å². The second kappa shape index (κ2) is 3.59. The van der Waals surface area contributed by atoms with E-state index in [9.17, 15) is 16.8 Å². The summed E-state index contributed by atoms with van der Waals surface area (Å²) in [7, 11) is -9.40. The lowest BCUT2D eigenvalue weighted by Crippen LogP contribution is -2.04. The van der Waals surface area contributed by atoms with Gasteiger partial charge in [-0.1, -0.05) is 0 Å². The van der Waals surface area contributed by atoms with Gasteiger partial charge in [-0.25, -0.2) is 0 Å². The number of hydrogen-bond donors (Lipinski definition) is 2. The summed E-state index contributed by atoms with van der Waals surface area (Å²) in [5.41, 5.74) is 12.6. The van der Waals surface area contributed by atoms with E-state index in [1.54, 1.807) is 0 Å². The van der Waals surface area contributed by atoms with Gasteiger partial charge in [0, 0.05) is 0 Å². The third-order valence-electron chi connectivity index (χ3n) is 1.64. The van der Waals surface area contributed by atoms with Crippen molar-refractivity contribution < 1.29 is 25.9 Å². The molecule has 0 unspecified atom stereocenters. The highest BCUT2D eigenvalue weighted by atomic mass is 32.2. The molecule has 1 aromatic carbocycles. The van der Waals surface area contributed by atoms with Crippen LogP contribution in [-0.2, 0) is 20.2 Å². The summed E-state index contributed by atoms with van der Waals surface area (Å²) in [5, 5.41) is 0. The fraction of sp³-hybridized carbons (Fsp3) is 0. The van der Waals surface area contributed by atoms with Gasteiger partial charge < -0.3 is 0 Å². The van der Waals surface area contributed by atoms with Gasteiger partial charge in [-0.3, -0.25) is 20.6 Å². The molecule has 2 radical (unpaired) electrons. The zero-order valence-corrected chi connectivity index (χ0v) is 9.13. The fourth-order valence-corrected chi connectivity index (χ4v) is 2.19. The zero-order chi connectivity index (χ0) is 12.7. The first-order valence-electron chi connectivity index (χ1n) is 3.59. The van der Waals surface area contributed by atoms with E-state index in [-0.39, 0.29) is 0 Å². The molecule has 0 aliphatic carbocycles. The van der Waals surface area contributed by atoms with Crippen LogP contribution in [0.1, 0.15) is 0 Å². The number of hydrogen-bond acceptors (Lipinski definition) is 4. The van der Waals surface area contributed by atoms with E-state index in [1.807, 2.05) is 0 Å². The molecule has 0 fully saturated rings. The molecule has 0 aromatic heterocycles. The van der Waals surface area contributed by atoms with Crippen molar-refractivity contribution in [2.75, 3.05) is 0 Å². The SMILES string of the molecule is [NH]c1cc(S(=O)(=O)O)c([NH])cc1S(=O)(=O)O. The fourth-order valence-electron chi connectivity index (χ4n) is 0.987. The second-order valence-electron chi connectivity index (χ2n) is 2.79. The molecular formula is C6H6N2O6S2. The summed E-state index contributed by atoms with van der Waals surface area (Å²) in [4.78, 5) is -1.80. The van der Waals surface area contributed by atoms with E-state index in [0.29, 0.717) is 12.1 Å². The summed E-state index contributed by atoms with van der Waals surface area (Å²) in [5.74, 6) is 0. The molecule has 0 bridgehead atoms. The summed E-state index contributed by atoms with van der Waals surface area (Å²) in [6, 6.07) is 0.946. The van der Waals surface area contributed by atoms with Gasteiger partial charge in [-0.15, -0.1) is 0 Å². The molecule has 16 heavy (non-hydrogen) atoms. The molecule has 0 amide bonds. The number of nitrogens with one attached hydrogen (secondary N) is 2. The third kappa shape index (κ3) is 2.41. The molecule has 10 heteroatoms. The van der Waals surface area contributed by atoms with E-state index in [2.05, 4.69) is 0 Å². The predicted octanol–water partition coefficient (Wildman–Crippen LogP) is 0.00880. The lowest BCUT2D eigenvalue weighted by Gasteiger charge is -2.06. The molecule has 8 nitrogen and oxygen atoms in total. The normalized spacial score (nSPS) is 12.6. The molecular weight excluding hydrogens is 260 g/mol. The van der Waals surface area contributed by atoms with Gasteiger partial charge in [0.05, 0.1) is 11.4 Å². The molecule has 4 N–H and O–H groups in total. The summed E-state index contributed by atoms with van der Waals surface area (Å²) >= 11 is 0. The summed E-state index contributed by atoms with van der Waals surface area (Å²) in [6.45, 7) is 0. The van der Waals surface area contributed by atoms with Crippen LogP contribution >= 0.6 is 0 Å². The minimum atomic E-state index is -4.70. The van der Waals surface area contributed by atoms with Crippen LogP contribution in [-0.4, -0.2) is 25.9 Å². The number of rotatable bonds is 2. The van der Waals surface area contributed by atoms with Crippen LogP contribution < -0.4 is 11.5 Å². The monoisotopic (exact) mass is 266 g/mol. The van der Waals surface area contributed by atoms with Crippen molar-refractivity contribution >= 4 is 31.6 Å². The first kappa shape index (κ1) is 12.7. The maximum Gasteiger partial charge on any atom is 0.296 e. The van der Waals surface area contributed by atoms with Crippen molar-refractivity contribution in [2.45, 2.75) is 9.79 Å². The second-order valence-corrected chi connectivity index (χ2v) is 5.57. The maximum atomic E-state index is 10.7. The van der Waals surface area contributed by atoms with Crippen LogP contribution in [0.4, 0.5) is 11.4 Å². The van der Waals surface area contributed by atoms with Gasteiger partial charge in [0.1, 0.15) is 9.79 Å². The van der Waals surface area contributed by atoms with E-state index in [1.165, 1.54) is 0 Å². The highest BCUT2D eigenvalue weighted by Gasteiger charge is 2.22. The van der Waals surface area contributed by atoms with Crippen LogP contribution in [0.2, 0.25) is 0 Å². The third-order valence-corrected chi connectivity index (χ3v) is 3.42. The average molecular weight is 266 g/mol. The van der Waals surface area contributed by atoms with Crippen LogP contribution in [0.25, 0.3) is 0 Å². The molecule has 1 rings (SSSR count). The Hall–Kier alpha value is -1.36. The Morgan fingerprint density at radius 1 is 0.812 bits per heavy atom. The molecule has 0 aliphatic heterocycles. The summed E-state index contributed by atoms with van der Waals surface area (Å²) in [6.07, 6.45) is 0. The maximum absolute atomic E-state index is 10.7. The summed E-state index contributed by atoms with van der Waals surface area (Å²) < 4.78 is 60.1. The Morgan fingerprint density at radius 3 is 1.25 bits per heavy atom. The van der Waals surface area contributed by atoms with Gasteiger partial charge in [-0.05, 0) is 12.1 Å². The standard InChI is InChI=1S/C6H6N2O6S2/c7-3-1-5(15(9,10)11)4(8)2-6(3)16(12,13)14/h1-2,7-8H,(H,9,10,11)(H,12,13,14). The van der Waals surface area contributed by atoms with Crippen molar-refractivity contribution in [3.05, 3.63) is 12.1 Å². The van der Waals surface area contributed by atoms with Gasteiger partial charge >= 0.3 is 0 Å². The van der Waals surface area contributed by atoms with E-state index < -0.39 is 41.4 Å². The highest BCUT2D eigenvalue weighted by molar-refractivity contribution is 7.86. The van der Waals surface area contributed by atoms with Crippen molar-refractivity contribution in [2.24, 2.45) is 0 Å². The molecule has 88 valence electrons. The molecule has 0 saturated carbocycles. The molecule has 0 saturated heterocycles. The van der Waals surface area contributed by atoms with Crippen LogP contribution in [0.3, 0.4) is 0 Å². The van der Waals surface area contributed by atoms with Crippen molar-refractivity contribution in [3.63, 3.8) is 0 Å². The van der Waals surface area contributed by atoms with Crippen molar-refractivity contribution in [3.8, 4) is 0 Å².